The molecule has 0 saturated heterocycles. The highest BCUT2D eigenvalue weighted by Gasteiger charge is 2.27. The number of nitrogens with two attached hydrogens (primary N) is 1. The molecule has 0 aliphatic carbocycles. The number of unbranched alkanes of at least 4 members (excludes halogenated alkanes) is 3. The lowest BCUT2D eigenvalue weighted by Crippen LogP contribution is -2.54. The minimum Gasteiger partial charge on any atom is -0.379 e. The second-order valence-corrected chi connectivity index (χ2v) is 15.3. The monoisotopic (exact) mass is 900 g/mol. The quantitative estimate of drug-likeness (QED) is 0.0286. The Morgan fingerprint density at radius 2 is 1.02 bits per heavy atom. The van der Waals surface area contributed by atoms with Crippen LogP contribution in [0, 0.1) is 0 Å². The molecule has 0 aliphatic heterocycles. The first kappa shape index (κ1) is 76.9. The number of rotatable bonds is 29. The first-order chi connectivity index (χ1) is 29.1. The molecule has 3 atom stereocenters. The SMILES string of the molecule is CC.CC.CC.CC.CC.CC.CNCCCCC(NC(C)C)C(=O)NC(CCCCNC(=O)C(CCCCN)NC)C(=O)NCCC(C)(C)OCCC(C)(C)OC.CPC. The fraction of sp³-hybridized carbons (Fsp3) is 0.938. The number of hydrogen-bond acceptors (Lipinski definition) is 9. The second kappa shape index (κ2) is 60.7. The summed E-state index contributed by atoms with van der Waals surface area (Å²) in [5, 5.41) is 18.7. The van der Waals surface area contributed by atoms with Gasteiger partial charge < -0.3 is 47.1 Å². The molecule has 0 aromatic heterocycles. The van der Waals surface area contributed by atoms with Crippen molar-refractivity contribution in [1.29, 1.82) is 0 Å². The Kier molecular flexibility index (Phi) is 76.5. The highest BCUT2D eigenvalue weighted by Crippen LogP contribution is 2.18. The molecule has 0 aliphatic rings. The number of likely N-dealkylation sites (N-methyl/N-ethyl adjacent to an activating group) is 1. The summed E-state index contributed by atoms with van der Waals surface area (Å²) in [5.41, 5.74) is 4.90. The molecular formula is C48H114N7O5P. The summed E-state index contributed by atoms with van der Waals surface area (Å²) < 4.78 is 11.6. The highest BCUT2D eigenvalue weighted by atomic mass is 31.1. The fourth-order valence-electron chi connectivity index (χ4n) is 4.95. The Balaban J connectivity index is -0.000000277. The molecule has 13 heteroatoms. The van der Waals surface area contributed by atoms with E-state index in [1.54, 1.807) is 14.2 Å². The van der Waals surface area contributed by atoms with Crippen LogP contribution >= 0.6 is 8.58 Å². The fourth-order valence-corrected chi connectivity index (χ4v) is 4.95. The predicted molar refractivity (Wildman–Crippen MR) is 276 cm³/mol. The van der Waals surface area contributed by atoms with E-state index in [4.69, 9.17) is 15.2 Å². The van der Waals surface area contributed by atoms with Gasteiger partial charge in [0, 0.05) is 26.2 Å². The third-order valence-corrected chi connectivity index (χ3v) is 8.26. The summed E-state index contributed by atoms with van der Waals surface area (Å²) in [4.78, 5) is 39.4. The Labute approximate surface area is 384 Å². The van der Waals surface area contributed by atoms with Gasteiger partial charge in [0.05, 0.1) is 29.9 Å². The number of amides is 3. The molecule has 0 spiro atoms. The van der Waals surface area contributed by atoms with Gasteiger partial charge in [0.1, 0.15) is 6.04 Å². The lowest BCUT2D eigenvalue weighted by molar-refractivity contribution is -0.130. The van der Waals surface area contributed by atoms with Crippen molar-refractivity contribution in [3.05, 3.63) is 0 Å². The molecular weight excluding hydrogens is 786 g/mol. The molecule has 0 saturated carbocycles. The van der Waals surface area contributed by atoms with Crippen molar-refractivity contribution in [2.45, 2.75) is 231 Å². The molecule has 3 unspecified atom stereocenters. The van der Waals surface area contributed by atoms with Gasteiger partial charge in [0.25, 0.3) is 0 Å². The van der Waals surface area contributed by atoms with E-state index >= 15 is 0 Å². The molecule has 0 bridgehead atoms. The first-order valence-electron chi connectivity index (χ1n) is 24.5. The Morgan fingerprint density at radius 1 is 0.590 bits per heavy atom. The van der Waals surface area contributed by atoms with Crippen molar-refractivity contribution >= 4 is 26.3 Å². The average molecular weight is 900 g/mol. The van der Waals surface area contributed by atoms with Gasteiger partial charge in [-0.2, -0.15) is 0 Å². The van der Waals surface area contributed by atoms with Crippen LogP contribution in [-0.2, 0) is 23.9 Å². The van der Waals surface area contributed by atoms with Gasteiger partial charge in [0.2, 0.25) is 17.7 Å². The van der Waals surface area contributed by atoms with E-state index in [0.717, 1.165) is 53.7 Å². The van der Waals surface area contributed by atoms with Gasteiger partial charge in [0.15, 0.2) is 0 Å². The number of carbonyl (C=O) groups is 3. The van der Waals surface area contributed by atoms with Crippen molar-refractivity contribution < 1.29 is 23.9 Å². The van der Waals surface area contributed by atoms with Crippen LogP contribution in [0.1, 0.15) is 195 Å². The molecule has 0 fully saturated rings. The van der Waals surface area contributed by atoms with Crippen molar-refractivity contribution in [2.75, 3.05) is 67.3 Å². The molecule has 61 heavy (non-hydrogen) atoms. The van der Waals surface area contributed by atoms with Crippen LogP contribution in [0.5, 0.6) is 0 Å². The number of hydrogen-bond donors (Lipinski definition) is 7. The topological polar surface area (TPSA) is 168 Å². The zero-order valence-electron chi connectivity index (χ0n) is 45.2. The number of ether oxygens (including phenoxy) is 2. The van der Waals surface area contributed by atoms with Crippen molar-refractivity contribution in [3.63, 3.8) is 0 Å². The van der Waals surface area contributed by atoms with Gasteiger partial charge in [-0.3, -0.25) is 14.4 Å². The minimum atomic E-state index is -0.676. The van der Waals surface area contributed by atoms with Crippen LogP contribution in [0.15, 0.2) is 0 Å². The summed E-state index contributed by atoms with van der Waals surface area (Å²) in [6.07, 6.45) is 8.30. The standard InChI is InChI=1S/C34H71N7O5.C2H7P.6C2H6/c1-26(2)40-29(18-11-14-22-36-7)32(44)41-28(17-12-15-23-38-30(42)27(37-8)16-10-13-21-35)31(43)39-24-19-34(5,6)46-25-20-33(3,4)45-9;1-3-2;6*1-2/h26-29,36-37,40H,10-25,35H2,1-9H3,(H,38,42)(H,39,43)(H,41,44);3H,1-2H3;6*1-2H3. The molecule has 376 valence electrons. The largest absolute Gasteiger partial charge is 0.379 e. The van der Waals surface area contributed by atoms with Crippen LogP contribution in [0.25, 0.3) is 0 Å². The van der Waals surface area contributed by atoms with Crippen molar-refractivity contribution in [3.8, 4) is 0 Å². The van der Waals surface area contributed by atoms with Crippen molar-refractivity contribution in [1.82, 2.24) is 31.9 Å². The maximum absolute atomic E-state index is 13.4. The van der Waals surface area contributed by atoms with Crippen LogP contribution < -0.4 is 37.6 Å². The van der Waals surface area contributed by atoms with Crippen LogP contribution in [0.3, 0.4) is 0 Å². The van der Waals surface area contributed by atoms with Crippen LogP contribution in [0.2, 0.25) is 0 Å². The number of nitrogens with one attached hydrogen (secondary N) is 6. The Bertz CT molecular complexity index is 853. The van der Waals surface area contributed by atoms with E-state index in [1.807, 2.05) is 132 Å². The summed E-state index contributed by atoms with van der Waals surface area (Å²) in [6, 6.07) is -1.18. The van der Waals surface area contributed by atoms with E-state index in [0.29, 0.717) is 58.3 Å². The normalized spacial score (nSPS) is 11.6. The lowest BCUT2D eigenvalue weighted by atomic mass is 10.0. The zero-order valence-corrected chi connectivity index (χ0v) is 46.2. The predicted octanol–water partition coefficient (Wildman–Crippen LogP) is 9.43. The first-order valence-corrected chi connectivity index (χ1v) is 26.5. The van der Waals surface area contributed by atoms with Gasteiger partial charge >= 0.3 is 0 Å². The van der Waals surface area contributed by atoms with E-state index in [1.165, 1.54) is 0 Å². The summed E-state index contributed by atoms with van der Waals surface area (Å²) >= 11 is 0. The molecule has 12 nitrogen and oxygen atoms in total. The third-order valence-electron chi connectivity index (χ3n) is 8.26. The van der Waals surface area contributed by atoms with E-state index in [-0.39, 0.29) is 41.4 Å². The van der Waals surface area contributed by atoms with E-state index < -0.39 is 11.6 Å². The Morgan fingerprint density at radius 3 is 1.46 bits per heavy atom. The molecule has 0 radical (unpaired) electrons. The molecule has 0 aromatic rings. The van der Waals surface area contributed by atoms with Gasteiger partial charge in [-0.25, -0.2) is 0 Å². The van der Waals surface area contributed by atoms with Crippen LogP contribution in [0.4, 0.5) is 0 Å². The maximum Gasteiger partial charge on any atom is 0.242 e. The summed E-state index contributed by atoms with van der Waals surface area (Å²) in [7, 11) is 6.49. The smallest absolute Gasteiger partial charge is 0.242 e. The maximum atomic E-state index is 13.4. The van der Waals surface area contributed by atoms with Crippen molar-refractivity contribution in [2.24, 2.45) is 5.73 Å². The number of carbonyl (C=O) groups excluding carboxylic acids is 3. The molecule has 0 heterocycles. The molecule has 0 aromatic carbocycles. The summed E-state index contributed by atoms with van der Waals surface area (Å²) in [5.74, 6) is -0.397. The van der Waals surface area contributed by atoms with Crippen LogP contribution in [-0.4, -0.2) is 120 Å². The Hall–Kier alpha value is -1.40. The molecule has 0 rings (SSSR count). The van der Waals surface area contributed by atoms with Gasteiger partial charge in [-0.1, -0.05) is 110 Å². The molecule has 8 N–H and O–H groups in total. The van der Waals surface area contributed by atoms with E-state index in [9.17, 15) is 14.4 Å². The van der Waals surface area contributed by atoms with E-state index in [2.05, 4.69) is 45.2 Å². The van der Waals surface area contributed by atoms with Gasteiger partial charge in [-0.05, 0) is 126 Å². The summed E-state index contributed by atoms with van der Waals surface area (Å²) in [6.45, 7) is 43.4. The number of methoxy groups -OCH3 is 1. The lowest BCUT2D eigenvalue weighted by Gasteiger charge is -2.29. The molecule has 3 amide bonds. The van der Waals surface area contributed by atoms with Gasteiger partial charge in [-0.15, -0.1) is 8.58 Å². The average Bonchev–Trinajstić information content (AvgIpc) is 3.27. The zero-order chi connectivity index (χ0) is 49.7. The minimum absolute atomic E-state index is 0.0291. The second-order valence-electron chi connectivity index (χ2n) is 14.3. The highest BCUT2D eigenvalue weighted by molar-refractivity contribution is 7.35. The third kappa shape index (κ3) is 56.6.